The van der Waals surface area contributed by atoms with Gasteiger partial charge < -0.3 is 15.4 Å². The van der Waals surface area contributed by atoms with E-state index in [2.05, 4.69) is 20.6 Å². The molecule has 2 N–H and O–H groups in total. The highest BCUT2D eigenvalue weighted by atomic mass is 16.5. The number of anilines is 1. The maximum atomic E-state index is 12.8. The number of fused-ring (bicyclic) bond motifs is 3. The molecule has 2 atom stereocenters. The molecule has 7 nitrogen and oxygen atoms in total. The van der Waals surface area contributed by atoms with E-state index in [1.165, 1.54) is 0 Å². The van der Waals surface area contributed by atoms with E-state index < -0.39 is 5.41 Å². The Labute approximate surface area is 162 Å². The van der Waals surface area contributed by atoms with Crippen molar-refractivity contribution < 1.29 is 14.3 Å². The molecule has 28 heavy (non-hydrogen) atoms. The van der Waals surface area contributed by atoms with Crippen molar-refractivity contribution >= 4 is 17.6 Å². The van der Waals surface area contributed by atoms with Gasteiger partial charge in [0.05, 0.1) is 11.0 Å². The molecule has 3 aliphatic rings. The number of hydrogen-bond donors (Lipinski definition) is 2. The van der Waals surface area contributed by atoms with Gasteiger partial charge in [0, 0.05) is 31.1 Å². The van der Waals surface area contributed by atoms with Gasteiger partial charge in [-0.3, -0.25) is 14.6 Å². The lowest BCUT2D eigenvalue weighted by molar-refractivity contribution is -0.120. The zero-order valence-corrected chi connectivity index (χ0v) is 15.7. The predicted molar refractivity (Wildman–Crippen MR) is 102 cm³/mol. The molecule has 2 aromatic heterocycles. The number of carbonyl (C=O) groups excluding carboxylic acids is 2. The van der Waals surface area contributed by atoms with Gasteiger partial charge in [0.25, 0.3) is 5.91 Å². The summed E-state index contributed by atoms with van der Waals surface area (Å²) in [6.07, 6.45) is 6.50. The van der Waals surface area contributed by atoms with Crippen LogP contribution in [-0.2, 0) is 27.8 Å². The summed E-state index contributed by atoms with van der Waals surface area (Å²) in [5.74, 6) is 0.393. The molecule has 5 rings (SSSR count). The Balaban J connectivity index is 1.37. The normalized spacial score (nSPS) is 27.5. The SMILES string of the molecule is CC1(CNC(=O)c2cc3c(cn2)CC2(C3)C(=O)Nc3ncccc32)CCCO1. The fourth-order valence-electron chi connectivity index (χ4n) is 4.61. The fraction of sp³-hybridized carbons (Fsp3) is 0.429. The Morgan fingerprint density at radius 1 is 1.32 bits per heavy atom. The molecule has 1 spiro atoms. The van der Waals surface area contributed by atoms with Gasteiger partial charge in [-0.15, -0.1) is 0 Å². The molecule has 0 saturated carbocycles. The van der Waals surface area contributed by atoms with Gasteiger partial charge in [0.1, 0.15) is 11.5 Å². The highest BCUT2D eigenvalue weighted by molar-refractivity contribution is 6.06. The number of amides is 2. The van der Waals surface area contributed by atoms with Crippen LogP contribution in [0, 0.1) is 0 Å². The van der Waals surface area contributed by atoms with E-state index in [1.54, 1.807) is 12.4 Å². The van der Waals surface area contributed by atoms with E-state index in [1.807, 2.05) is 25.1 Å². The fourth-order valence-corrected chi connectivity index (χ4v) is 4.61. The van der Waals surface area contributed by atoms with Gasteiger partial charge in [-0.25, -0.2) is 4.98 Å². The summed E-state index contributed by atoms with van der Waals surface area (Å²) in [6.45, 7) is 3.23. The van der Waals surface area contributed by atoms with E-state index in [4.69, 9.17) is 4.74 Å². The van der Waals surface area contributed by atoms with E-state index in [0.29, 0.717) is 30.9 Å². The summed E-state index contributed by atoms with van der Waals surface area (Å²) in [4.78, 5) is 34.0. The zero-order chi connectivity index (χ0) is 19.4. The summed E-state index contributed by atoms with van der Waals surface area (Å²) in [5, 5.41) is 5.84. The second kappa shape index (κ2) is 6.10. The lowest BCUT2D eigenvalue weighted by Gasteiger charge is -2.23. The van der Waals surface area contributed by atoms with Gasteiger partial charge in [-0.1, -0.05) is 6.07 Å². The predicted octanol–water partition coefficient (Wildman–Crippen LogP) is 1.76. The highest BCUT2D eigenvalue weighted by Crippen LogP contribution is 2.46. The zero-order valence-electron chi connectivity index (χ0n) is 15.7. The third-order valence-corrected chi connectivity index (χ3v) is 6.21. The van der Waals surface area contributed by atoms with Gasteiger partial charge in [0.15, 0.2) is 0 Å². The highest BCUT2D eigenvalue weighted by Gasteiger charge is 2.51. The first-order valence-electron chi connectivity index (χ1n) is 9.66. The van der Waals surface area contributed by atoms with Crippen LogP contribution < -0.4 is 10.6 Å². The minimum absolute atomic E-state index is 0.0327. The quantitative estimate of drug-likeness (QED) is 0.849. The van der Waals surface area contributed by atoms with Crippen molar-refractivity contribution in [3.05, 3.63) is 53.0 Å². The van der Waals surface area contributed by atoms with Crippen LogP contribution in [0.4, 0.5) is 5.82 Å². The number of ether oxygens (including phenoxy) is 1. The molecule has 0 bridgehead atoms. The first-order valence-corrected chi connectivity index (χ1v) is 9.66. The monoisotopic (exact) mass is 378 g/mol. The summed E-state index contributed by atoms with van der Waals surface area (Å²) in [7, 11) is 0. The average Bonchev–Trinajstić information content (AvgIpc) is 3.37. The molecule has 0 aromatic carbocycles. The lowest BCUT2D eigenvalue weighted by Crippen LogP contribution is -2.40. The topological polar surface area (TPSA) is 93.2 Å². The summed E-state index contributed by atoms with van der Waals surface area (Å²) >= 11 is 0. The van der Waals surface area contributed by atoms with Crippen molar-refractivity contribution in [3.8, 4) is 0 Å². The van der Waals surface area contributed by atoms with Crippen LogP contribution in [0.5, 0.6) is 0 Å². The van der Waals surface area contributed by atoms with E-state index >= 15 is 0 Å². The molecule has 144 valence electrons. The second-order valence-corrected chi connectivity index (χ2v) is 8.21. The van der Waals surface area contributed by atoms with Crippen LogP contribution in [0.1, 0.15) is 46.9 Å². The molecular weight excluding hydrogens is 356 g/mol. The minimum atomic E-state index is -0.645. The van der Waals surface area contributed by atoms with Crippen LogP contribution in [0.25, 0.3) is 0 Å². The van der Waals surface area contributed by atoms with Gasteiger partial charge in [0.2, 0.25) is 5.91 Å². The number of carbonyl (C=O) groups is 2. The maximum Gasteiger partial charge on any atom is 0.269 e. The molecule has 0 radical (unpaired) electrons. The molecule has 1 saturated heterocycles. The van der Waals surface area contributed by atoms with E-state index in [0.717, 1.165) is 36.1 Å². The van der Waals surface area contributed by atoms with E-state index in [-0.39, 0.29) is 17.4 Å². The summed E-state index contributed by atoms with van der Waals surface area (Å²) in [6, 6.07) is 5.63. The Kier molecular flexibility index (Phi) is 3.77. The van der Waals surface area contributed by atoms with Crippen LogP contribution >= 0.6 is 0 Å². The number of hydrogen-bond acceptors (Lipinski definition) is 5. The molecule has 7 heteroatoms. The summed E-state index contributed by atoms with van der Waals surface area (Å²) in [5.41, 5.74) is 2.36. The van der Waals surface area contributed by atoms with Gasteiger partial charge >= 0.3 is 0 Å². The lowest BCUT2D eigenvalue weighted by atomic mass is 9.79. The Morgan fingerprint density at radius 3 is 3.00 bits per heavy atom. The second-order valence-electron chi connectivity index (χ2n) is 8.21. The molecule has 2 aliphatic heterocycles. The molecule has 1 aliphatic carbocycles. The molecule has 4 heterocycles. The molecule has 2 amide bonds. The van der Waals surface area contributed by atoms with Crippen molar-refractivity contribution in [3.63, 3.8) is 0 Å². The average molecular weight is 378 g/mol. The Hall–Kier alpha value is -2.80. The first-order chi connectivity index (χ1) is 13.5. The van der Waals surface area contributed by atoms with Gasteiger partial charge in [-0.05, 0) is 55.9 Å². The standard InChI is InChI=1S/C21H22N4O3/c1-20(5-3-7-28-20)12-24-18(26)16-8-13-9-21(10-14(13)11-23-16)15-4-2-6-22-17(15)25-19(21)27/h2,4,6,8,11H,3,5,7,9-10,12H2,1H3,(H,24,26)(H,22,25,27). The Bertz CT molecular complexity index is 983. The van der Waals surface area contributed by atoms with Crippen molar-refractivity contribution in [2.24, 2.45) is 0 Å². The number of aromatic nitrogens is 2. The molecular formula is C21H22N4O3. The molecule has 2 aromatic rings. The molecule has 1 fully saturated rings. The van der Waals surface area contributed by atoms with Crippen LogP contribution in [0.15, 0.2) is 30.6 Å². The minimum Gasteiger partial charge on any atom is -0.373 e. The van der Waals surface area contributed by atoms with Crippen molar-refractivity contribution in [1.82, 2.24) is 15.3 Å². The van der Waals surface area contributed by atoms with Gasteiger partial charge in [-0.2, -0.15) is 0 Å². The van der Waals surface area contributed by atoms with Crippen molar-refractivity contribution in [1.29, 1.82) is 0 Å². The van der Waals surface area contributed by atoms with Crippen LogP contribution in [0.3, 0.4) is 0 Å². The van der Waals surface area contributed by atoms with E-state index in [9.17, 15) is 9.59 Å². The number of nitrogens with one attached hydrogen (secondary N) is 2. The maximum absolute atomic E-state index is 12.8. The smallest absolute Gasteiger partial charge is 0.269 e. The Morgan fingerprint density at radius 2 is 2.18 bits per heavy atom. The third kappa shape index (κ3) is 2.61. The number of pyridine rings is 2. The number of nitrogens with zero attached hydrogens (tertiary/aromatic N) is 2. The third-order valence-electron chi connectivity index (χ3n) is 6.21. The first kappa shape index (κ1) is 17.3. The van der Waals surface area contributed by atoms with Crippen molar-refractivity contribution in [2.45, 2.75) is 43.6 Å². The van der Waals surface area contributed by atoms with Crippen LogP contribution in [0.2, 0.25) is 0 Å². The largest absolute Gasteiger partial charge is 0.373 e. The molecule has 2 unspecified atom stereocenters. The van der Waals surface area contributed by atoms with Crippen LogP contribution in [-0.4, -0.2) is 40.5 Å². The number of rotatable bonds is 3. The van der Waals surface area contributed by atoms with Crippen molar-refractivity contribution in [2.75, 3.05) is 18.5 Å². The summed E-state index contributed by atoms with van der Waals surface area (Å²) < 4.78 is 5.72.